The molecule has 4 aliphatic carbocycles. The highest BCUT2D eigenvalue weighted by Crippen LogP contribution is 2.63. The molecule has 24 heavy (non-hydrogen) atoms. The van der Waals surface area contributed by atoms with Gasteiger partial charge < -0.3 is 5.11 Å². The fourth-order valence-corrected chi connectivity index (χ4v) is 6.59. The first-order valence-corrected chi connectivity index (χ1v) is 9.39. The number of ketones is 2. The van der Waals surface area contributed by atoms with E-state index in [-0.39, 0.29) is 28.6 Å². The number of hydrogen-bond donors (Lipinski definition) is 1. The Morgan fingerprint density at radius 1 is 1.21 bits per heavy atom. The van der Waals surface area contributed by atoms with Crippen LogP contribution in [0.15, 0.2) is 23.3 Å². The molecule has 0 aliphatic heterocycles. The second-order valence-corrected chi connectivity index (χ2v) is 9.00. The number of rotatable bonds is 1. The van der Waals surface area contributed by atoms with E-state index in [1.54, 1.807) is 6.92 Å². The van der Waals surface area contributed by atoms with Gasteiger partial charge in [0.05, 0.1) is 6.10 Å². The van der Waals surface area contributed by atoms with E-state index in [2.05, 4.69) is 26.0 Å². The molecule has 3 heteroatoms. The van der Waals surface area contributed by atoms with Crippen molar-refractivity contribution in [1.82, 2.24) is 0 Å². The second-order valence-electron chi connectivity index (χ2n) is 9.00. The van der Waals surface area contributed by atoms with Crippen molar-refractivity contribution in [3.8, 4) is 0 Å². The molecule has 130 valence electrons. The Morgan fingerprint density at radius 2 is 1.96 bits per heavy atom. The molecule has 0 aromatic rings. The molecule has 0 aromatic heterocycles. The Hall–Kier alpha value is -1.22. The number of carbonyl (C=O) groups excluding carboxylic acids is 2. The van der Waals surface area contributed by atoms with Crippen LogP contribution >= 0.6 is 0 Å². The second kappa shape index (κ2) is 5.14. The summed E-state index contributed by atoms with van der Waals surface area (Å²) in [6.45, 7) is 6.02. The van der Waals surface area contributed by atoms with Gasteiger partial charge in [0, 0.05) is 17.8 Å². The average molecular weight is 328 g/mol. The van der Waals surface area contributed by atoms with E-state index in [0.717, 1.165) is 37.7 Å². The van der Waals surface area contributed by atoms with Gasteiger partial charge in [-0.05, 0) is 61.9 Å². The van der Waals surface area contributed by atoms with Crippen molar-refractivity contribution in [1.29, 1.82) is 0 Å². The number of aliphatic hydroxyl groups excluding tert-OH is 1. The van der Waals surface area contributed by atoms with Crippen LogP contribution in [-0.4, -0.2) is 22.8 Å². The van der Waals surface area contributed by atoms with Crippen molar-refractivity contribution in [2.75, 3.05) is 0 Å². The van der Waals surface area contributed by atoms with Gasteiger partial charge >= 0.3 is 0 Å². The highest BCUT2D eigenvalue weighted by Gasteiger charge is 2.60. The molecule has 0 heterocycles. The fourth-order valence-electron chi connectivity index (χ4n) is 6.59. The van der Waals surface area contributed by atoms with Crippen LogP contribution in [0.3, 0.4) is 0 Å². The Bertz CT molecular complexity index is 673. The summed E-state index contributed by atoms with van der Waals surface area (Å²) in [5.41, 5.74) is 1.84. The minimum absolute atomic E-state index is 0.0720. The quantitative estimate of drug-likeness (QED) is 0.748. The van der Waals surface area contributed by atoms with Gasteiger partial charge in [-0.25, -0.2) is 0 Å². The van der Waals surface area contributed by atoms with Crippen molar-refractivity contribution in [3.05, 3.63) is 23.3 Å². The maximum Gasteiger partial charge on any atom is 0.156 e. The zero-order chi connectivity index (χ0) is 17.3. The molecule has 2 saturated carbocycles. The lowest BCUT2D eigenvalue weighted by atomic mass is 9.47. The number of allylic oxidation sites excluding steroid dienone is 3. The van der Waals surface area contributed by atoms with E-state index >= 15 is 0 Å². The number of aliphatic hydroxyl groups is 1. The van der Waals surface area contributed by atoms with Crippen LogP contribution in [0.1, 0.15) is 59.3 Å². The number of hydrogen-bond acceptors (Lipinski definition) is 3. The fraction of sp³-hybridized carbons (Fsp3) is 0.714. The summed E-state index contributed by atoms with van der Waals surface area (Å²) in [5.74, 6) is 1.29. The maximum atomic E-state index is 13.3. The summed E-state index contributed by atoms with van der Waals surface area (Å²) in [7, 11) is 0. The van der Waals surface area contributed by atoms with E-state index in [1.165, 1.54) is 5.57 Å². The Kier molecular flexibility index (Phi) is 3.48. The van der Waals surface area contributed by atoms with E-state index in [0.29, 0.717) is 24.0 Å². The van der Waals surface area contributed by atoms with Crippen LogP contribution in [0.5, 0.6) is 0 Å². The monoisotopic (exact) mass is 328 g/mol. The van der Waals surface area contributed by atoms with Gasteiger partial charge in [-0.1, -0.05) is 31.6 Å². The Labute approximate surface area is 144 Å². The molecule has 3 nitrogen and oxygen atoms in total. The van der Waals surface area contributed by atoms with Gasteiger partial charge in [0.2, 0.25) is 0 Å². The highest BCUT2D eigenvalue weighted by molar-refractivity contribution is 5.97. The van der Waals surface area contributed by atoms with Gasteiger partial charge in [0.25, 0.3) is 0 Å². The summed E-state index contributed by atoms with van der Waals surface area (Å²) >= 11 is 0. The molecule has 2 fully saturated rings. The Balaban J connectivity index is 1.74. The molecule has 0 amide bonds. The molecule has 1 N–H and O–H groups in total. The van der Waals surface area contributed by atoms with Gasteiger partial charge in [-0.3, -0.25) is 9.59 Å². The van der Waals surface area contributed by atoms with Crippen molar-refractivity contribution in [3.63, 3.8) is 0 Å². The van der Waals surface area contributed by atoms with Crippen molar-refractivity contribution in [2.45, 2.75) is 65.4 Å². The van der Waals surface area contributed by atoms with Crippen LogP contribution < -0.4 is 0 Å². The normalized spacial score (nSPS) is 47.2. The van der Waals surface area contributed by atoms with Crippen LogP contribution in [0.2, 0.25) is 0 Å². The van der Waals surface area contributed by atoms with Crippen LogP contribution in [0.4, 0.5) is 0 Å². The third kappa shape index (κ3) is 2.00. The molecule has 0 aromatic carbocycles. The van der Waals surface area contributed by atoms with E-state index < -0.39 is 0 Å². The predicted octanol–water partition coefficient (Wildman–Crippen LogP) is 3.61. The molecule has 0 bridgehead atoms. The van der Waals surface area contributed by atoms with E-state index in [9.17, 15) is 14.7 Å². The standard InChI is InChI=1S/C21H28O3/c1-12(22)16-6-7-17-15-5-4-13-10-14(23)8-9-20(13,2)19(15)18(24)11-21(16,17)3/h4,6,14-15,17,19,23H,5,7-11H2,1-3H3/t14-,15-,17-,19+,20-,21+/m0/s1. The lowest BCUT2D eigenvalue weighted by Gasteiger charge is -2.56. The zero-order valence-electron chi connectivity index (χ0n) is 15.0. The number of fused-ring (bicyclic) bond motifs is 5. The average Bonchev–Trinajstić information content (AvgIpc) is 2.84. The van der Waals surface area contributed by atoms with Crippen LogP contribution in [0.25, 0.3) is 0 Å². The molecule has 4 rings (SSSR count). The summed E-state index contributed by atoms with van der Waals surface area (Å²) in [4.78, 5) is 25.3. The Morgan fingerprint density at radius 3 is 2.67 bits per heavy atom. The van der Waals surface area contributed by atoms with Crippen molar-refractivity contribution >= 4 is 11.6 Å². The maximum absolute atomic E-state index is 13.3. The molecule has 0 unspecified atom stereocenters. The molecular weight excluding hydrogens is 300 g/mol. The lowest BCUT2D eigenvalue weighted by Crippen LogP contribution is -2.54. The van der Waals surface area contributed by atoms with E-state index in [4.69, 9.17) is 0 Å². The minimum Gasteiger partial charge on any atom is -0.393 e. The lowest BCUT2D eigenvalue weighted by molar-refractivity contribution is -0.142. The molecule has 0 spiro atoms. The first-order valence-electron chi connectivity index (χ1n) is 9.39. The van der Waals surface area contributed by atoms with Crippen LogP contribution in [0, 0.1) is 28.6 Å². The molecule has 0 saturated heterocycles. The topological polar surface area (TPSA) is 54.4 Å². The zero-order valence-corrected chi connectivity index (χ0v) is 15.0. The summed E-state index contributed by atoms with van der Waals surface area (Å²) < 4.78 is 0. The molecule has 6 atom stereocenters. The van der Waals surface area contributed by atoms with Crippen molar-refractivity contribution in [2.24, 2.45) is 28.6 Å². The third-order valence-corrected chi connectivity index (χ3v) is 7.73. The summed E-state index contributed by atoms with van der Waals surface area (Å²) in [5, 5.41) is 10.0. The first kappa shape index (κ1) is 16.3. The van der Waals surface area contributed by atoms with Crippen molar-refractivity contribution < 1.29 is 14.7 Å². The van der Waals surface area contributed by atoms with Gasteiger partial charge in [0.15, 0.2) is 5.78 Å². The van der Waals surface area contributed by atoms with Gasteiger partial charge in [-0.15, -0.1) is 0 Å². The third-order valence-electron chi connectivity index (χ3n) is 7.73. The van der Waals surface area contributed by atoms with E-state index in [1.807, 2.05) is 0 Å². The SMILES string of the molecule is CC(=O)C1=CC[C@H]2[C@@H]3CC=C4C[C@@H](O)CC[C@]4(C)[C@H]3C(=O)C[C@]12C. The number of carbonyl (C=O) groups is 2. The summed E-state index contributed by atoms with van der Waals surface area (Å²) in [6, 6.07) is 0. The molecule has 0 radical (unpaired) electrons. The molecular formula is C21H28O3. The van der Waals surface area contributed by atoms with Gasteiger partial charge in [0.1, 0.15) is 5.78 Å². The van der Waals surface area contributed by atoms with Gasteiger partial charge in [-0.2, -0.15) is 0 Å². The largest absolute Gasteiger partial charge is 0.393 e. The smallest absolute Gasteiger partial charge is 0.156 e. The number of Topliss-reactive ketones (excluding diaryl/α,β-unsaturated/α-hetero) is 2. The predicted molar refractivity (Wildman–Crippen MR) is 92.2 cm³/mol. The highest BCUT2D eigenvalue weighted by atomic mass is 16.3. The van der Waals surface area contributed by atoms with Crippen LogP contribution in [-0.2, 0) is 9.59 Å². The summed E-state index contributed by atoms with van der Waals surface area (Å²) in [6.07, 6.45) is 8.97. The molecule has 4 aliphatic rings. The minimum atomic E-state index is -0.264. The first-order chi connectivity index (χ1) is 11.3.